The number of anilines is 1. The fourth-order valence-electron chi connectivity index (χ4n) is 3.46. The number of halogens is 1. The number of hydrogen-bond acceptors (Lipinski definition) is 3. The summed E-state index contributed by atoms with van der Waals surface area (Å²) in [6, 6.07) is 16.7. The van der Waals surface area contributed by atoms with Crippen LogP contribution in [0.2, 0.25) is 0 Å². The lowest BCUT2D eigenvalue weighted by Gasteiger charge is -2.25. The second-order valence-electron chi connectivity index (χ2n) is 6.63. The van der Waals surface area contributed by atoms with Crippen LogP contribution in [-0.4, -0.2) is 49.9 Å². The second kappa shape index (κ2) is 9.53. The van der Waals surface area contributed by atoms with Gasteiger partial charge in [0, 0.05) is 43.0 Å². The lowest BCUT2D eigenvalue weighted by Crippen LogP contribution is -2.40. The first-order chi connectivity index (χ1) is 12.6. The molecule has 1 unspecified atom stereocenters. The van der Waals surface area contributed by atoms with Gasteiger partial charge in [-0.15, -0.1) is 12.4 Å². The summed E-state index contributed by atoms with van der Waals surface area (Å²) in [4.78, 5) is 29.2. The number of nitrogens with one attached hydrogen (secondary N) is 1. The number of hydrogen-bond donors (Lipinski definition) is 1. The van der Waals surface area contributed by atoms with E-state index in [-0.39, 0.29) is 30.3 Å². The summed E-state index contributed by atoms with van der Waals surface area (Å²) in [5.74, 6) is -0.126. The van der Waals surface area contributed by atoms with E-state index in [0.29, 0.717) is 11.1 Å². The number of amides is 2. The van der Waals surface area contributed by atoms with E-state index in [1.54, 1.807) is 36.2 Å². The van der Waals surface area contributed by atoms with Crippen LogP contribution in [0.4, 0.5) is 5.69 Å². The van der Waals surface area contributed by atoms with Crippen molar-refractivity contribution in [1.29, 1.82) is 0 Å². The van der Waals surface area contributed by atoms with Crippen molar-refractivity contribution in [3.05, 3.63) is 65.7 Å². The summed E-state index contributed by atoms with van der Waals surface area (Å²) in [6.45, 7) is 1.56. The van der Waals surface area contributed by atoms with Crippen molar-refractivity contribution in [3.8, 4) is 0 Å². The Balaban J connectivity index is 0.00000261. The number of benzene rings is 2. The Morgan fingerprint density at radius 2 is 1.81 bits per heavy atom. The van der Waals surface area contributed by atoms with Crippen molar-refractivity contribution in [1.82, 2.24) is 10.2 Å². The van der Waals surface area contributed by atoms with E-state index in [9.17, 15) is 9.59 Å². The molecule has 0 spiro atoms. The first-order valence-electron chi connectivity index (χ1n) is 9.00. The Kier molecular flexibility index (Phi) is 7.39. The van der Waals surface area contributed by atoms with Crippen molar-refractivity contribution in [2.75, 3.05) is 32.1 Å². The highest BCUT2D eigenvalue weighted by Gasteiger charge is 2.29. The third-order valence-electron chi connectivity index (χ3n) is 4.88. The molecule has 3 rings (SSSR count). The van der Waals surface area contributed by atoms with Crippen molar-refractivity contribution >= 4 is 29.9 Å². The van der Waals surface area contributed by atoms with Crippen molar-refractivity contribution in [2.45, 2.75) is 18.9 Å². The molecule has 2 aromatic rings. The summed E-state index contributed by atoms with van der Waals surface area (Å²) in [5.41, 5.74) is 1.91. The third-order valence-corrected chi connectivity index (χ3v) is 4.88. The molecule has 0 aromatic heterocycles. The molecular formula is C21H26ClN3O2. The van der Waals surface area contributed by atoms with E-state index in [2.05, 4.69) is 5.32 Å². The van der Waals surface area contributed by atoms with Gasteiger partial charge in [0.2, 0.25) is 0 Å². The van der Waals surface area contributed by atoms with Crippen molar-refractivity contribution < 1.29 is 9.59 Å². The van der Waals surface area contributed by atoms with Crippen molar-refractivity contribution in [3.63, 3.8) is 0 Å². The zero-order valence-corrected chi connectivity index (χ0v) is 16.5. The molecule has 1 N–H and O–H groups in total. The van der Waals surface area contributed by atoms with E-state index in [1.807, 2.05) is 42.3 Å². The van der Waals surface area contributed by atoms with Crippen LogP contribution >= 0.6 is 12.4 Å². The number of carbonyl (C=O) groups excluding carboxylic acids is 2. The standard InChI is InChI=1S/C21H25N3O2.ClH/c1-22-15-19-12-7-13-24(19)21(26)17-9-6-8-16(14-17)20(25)23(2)18-10-4-3-5-11-18;/h3-6,8-11,14,19,22H,7,12-13,15H2,1-2H3;1H. The summed E-state index contributed by atoms with van der Waals surface area (Å²) < 4.78 is 0. The highest BCUT2D eigenvalue weighted by molar-refractivity contribution is 6.07. The molecule has 1 fully saturated rings. The van der Waals surface area contributed by atoms with Crippen LogP contribution in [0.1, 0.15) is 33.6 Å². The van der Waals surface area contributed by atoms with Gasteiger partial charge < -0.3 is 15.1 Å². The topological polar surface area (TPSA) is 52.7 Å². The predicted octanol–water partition coefficient (Wildman–Crippen LogP) is 3.21. The first-order valence-corrected chi connectivity index (χ1v) is 9.00. The van der Waals surface area contributed by atoms with Gasteiger partial charge in [-0.25, -0.2) is 0 Å². The van der Waals surface area contributed by atoms with Gasteiger partial charge >= 0.3 is 0 Å². The van der Waals surface area contributed by atoms with Gasteiger partial charge in [-0.1, -0.05) is 24.3 Å². The van der Waals surface area contributed by atoms with Gasteiger partial charge in [-0.05, 0) is 50.2 Å². The maximum atomic E-state index is 12.9. The smallest absolute Gasteiger partial charge is 0.258 e. The summed E-state index contributed by atoms with van der Waals surface area (Å²) in [7, 11) is 3.65. The third kappa shape index (κ3) is 4.67. The van der Waals surface area contributed by atoms with Crippen molar-refractivity contribution in [2.24, 2.45) is 0 Å². The van der Waals surface area contributed by atoms with Gasteiger partial charge in [-0.3, -0.25) is 9.59 Å². The van der Waals surface area contributed by atoms with Crippen LogP contribution in [-0.2, 0) is 0 Å². The molecule has 1 aliphatic rings. The average Bonchev–Trinajstić information content (AvgIpc) is 3.15. The maximum absolute atomic E-state index is 12.9. The normalized spacial score (nSPS) is 15.9. The van der Waals surface area contributed by atoms with Crippen LogP contribution < -0.4 is 10.2 Å². The van der Waals surface area contributed by atoms with Gasteiger partial charge in [0.25, 0.3) is 11.8 Å². The number of carbonyl (C=O) groups is 2. The molecule has 144 valence electrons. The van der Waals surface area contributed by atoms with Crippen LogP contribution in [0.3, 0.4) is 0 Å². The van der Waals surface area contributed by atoms with Gasteiger partial charge in [0.05, 0.1) is 0 Å². The Bertz CT molecular complexity index is 782. The molecule has 1 aliphatic heterocycles. The quantitative estimate of drug-likeness (QED) is 0.857. The average molecular weight is 388 g/mol. The molecule has 0 radical (unpaired) electrons. The van der Waals surface area contributed by atoms with E-state index >= 15 is 0 Å². The van der Waals surface area contributed by atoms with Crippen LogP contribution in [0, 0.1) is 0 Å². The SMILES string of the molecule is CNCC1CCCN1C(=O)c1cccc(C(=O)N(C)c2ccccc2)c1.Cl. The lowest BCUT2D eigenvalue weighted by atomic mass is 10.1. The summed E-state index contributed by atoms with van der Waals surface area (Å²) in [6.07, 6.45) is 2.04. The number of likely N-dealkylation sites (tertiary alicyclic amines) is 1. The molecule has 2 amide bonds. The number of nitrogens with zero attached hydrogens (tertiary/aromatic N) is 2. The Labute approximate surface area is 166 Å². The maximum Gasteiger partial charge on any atom is 0.258 e. The molecular weight excluding hydrogens is 362 g/mol. The minimum Gasteiger partial charge on any atom is -0.334 e. The van der Waals surface area contributed by atoms with Gasteiger partial charge in [0.15, 0.2) is 0 Å². The first kappa shape index (κ1) is 20.9. The van der Waals surface area contributed by atoms with Gasteiger partial charge in [-0.2, -0.15) is 0 Å². The second-order valence-corrected chi connectivity index (χ2v) is 6.63. The molecule has 6 heteroatoms. The van der Waals surface area contributed by atoms with Crippen LogP contribution in [0.5, 0.6) is 0 Å². The van der Waals surface area contributed by atoms with E-state index in [1.165, 1.54) is 0 Å². The lowest BCUT2D eigenvalue weighted by molar-refractivity contribution is 0.0737. The highest BCUT2D eigenvalue weighted by atomic mass is 35.5. The molecule has 5 nitrogen and oxygen atoms in total. The zero-order valence-electron chi connectivity index (χ0n) is 15.7. The van der Waals surface area contributed by atoms with Crippen LogP contribution in [0.15, 0.2) is 54.6 Å². The van der Waals surface area contributed by atoms with Crippen LogP contribution in [0.25, 0.3) is 0 Å². The van der Waals surface area contributed by atoms with E-state index < -0.39 is 0 Å². The Hall–Kier alpha value is -2.37. The van der Waals surface area contributed by atoms with E-state index in [0.717, 1.165) is 31.6 Å². The minimum absolute atomic E-state index is 0. The predicted molar refractivity (Wildman–Crippen MR) is 111 cm³/mol. The molecule has 1 atom stereocenters. The summed E-state index contributed by atoms with van der Waals surface area (Å²) >= 11 is 0. The number of para-hydroxylation sites is 1. The molecule has 2 aromatic carbocycles. The molecule has 0 aliphatic carbocycles. The molecule has 1 saturated heterocycles. The van der Waals surface area contributed by atoms with E-state index in [4.69, 9.17) is 0 Å². The Morgan fingerprint density at radius 1 is 1.11 bits per heavy atom. The minimum atomic E-state index is -0.126. The fourth-order valence-corrected chi connectivity index (χ4v) is 3.46. The summed E-state index contributed by atoms with van der Waals surface area (Å²) in [5, 5.41) is 3.15. The molecule has 0 saturated carbocycles. The molecule has 0 bridgehead atoms. The Morgan fingerprint density at radius 3 is 2.52 bits per heavy atom. The monoisotopic (exact) mass is 387 g/mol. The molecule has 1 heterocycles. The molecule has 27 heavy (non-hydrogen) atoms. The van der Waals surface area contributed by atoms with Gasteiger partial charge in [0.1, 0.15) is 0 Å². The fraction of sp³-hybridized carbons (Fsp3) is 0.333. The zero-order chi connectivity index (χ0) is 18.5. The highest BCUT2D eigenvalue weighted by Crippen LogP contribution is 2.21. The number of rotatable bonds is 5. The number of likely N-dealkylation sites (N-methyl/N-ethyl adjacent to an activating group) is 1. The largest absolute Gasteiger partial charge is 0.334 e.